The maximum absolute atomic E-state index is 11.9. The van der Waals surface area contributed by atoms with Gasteiger partial charge in [0.2, 0.25) is 0 Å². The van der Waals surface area contributed by atoms with E-state index in [0.29, 0.717) is 12.6 Å². The van der Waals surface area contributed by atoms with Crippen molar-refractivity contribution >= 4 is 16.8 Å². The van der Waals surface area contributed by atoms with Gasteiger partial charge in [-0.2, -0.15) is 0 Å². The van der Waals surface area contributed by atoms with Crippen molar-refractivity contribution in [1.29, 1.82) is 0 Å². The standard InChI is InChI=1S/C27H25N3O/c31-27-21-11-9-18(13-20(21)16-29-27)19-10-12-24-23(14-19)22-7-4-8-25(26(22)30-24)28-15-17-5-2-1-3-6-17/h1-3,5-6,9-14,25,28,30H,4,7-8,15-16H2,(H,29,31). The smallest absolute Gasteiger partial charge is 0.251 e. The molecule has 2 aliphatic rings. The highest BCUT2D eigenvalue weighted by atomic mass is 16.1. The van der Waals surface area contributed by atoms with Crippen LogP contribution in [0.3, 0.4) is 0 Å². The lowest BCUT2D eigenvalue weighted by Crippen LogP contribution is -2.24. The quantitative estimate of drug-likeness (QED) is 0.433. The predicted molar refractivity (Wildman–Crippen MR) is 124 cm³/mol. The molecule has 4 heteroatoms. The summed E-state index contributed by atoms with van der Waals surface area (Å²) in [5.74, 6) is 0.0331. The fourth-order valence-corrected chi connectivity index (χ4v) is 5.09. The lowest BCUT2D eigenvalue weighted by molar-refractivity contribution is 0.0966. The number of H-pyrrole nitrogens is 1. The summed E-state index contributed by atoms with van der Waals surface area (Å²) in [7, 11) is 0. The topological polar surface area (TPSA) is 56.9 Å². The Labute approximate surface area is 181 Å². The van der Waals surface area contributed by atoms with Crippen LogP contribution in [0.5, 0.6) is 0 Å². The van der Waals surface area contributed by atoms with Crippen molar-refractivity contribution in [2.75, 3.05) is 0 Å². The number of nitrogens with one attached hydrogen (secondary N) is 3. The minimum Gasteiger partial charge on any atom is -0.357 e. The molecule has 2 heterocycles. The zero-order chi connectivity index (χ0) is 20.8. The van der Waals surface area contributed by atoms with E-state index in [1.54, 1.807) is 0 Å². The van der Waals surface area contributed by atoms with Crippen LogP contribution < -0.4 is 10.6 Å². The molecule has 1 amide bonds. The number of carbonyl (C=O) groups is 1. The van der Waals surface area contributed by atoms with Gasteiger partial charge in [0, 0.05) is 41.3 Å². The first kappa shape index (κ1) is 18.4. The van der Waals surface area contributed by atoms with Gasteiger partial charge in [-0.25, -0.2) is 0 Å². The van der Waals surface area contributed by atoms with Crippen molar-refractivity contribution in [3.8, 4) is 11.1 Å². The first-order valence-electron chi connectivity index (χ1n) is 11.1. The van der Waals surface area contributed by atoms with E-state index in [9.17, 15) is 4.79 Å². The number of fused-ring (bicyclic) bond motifs is 4. The molecule has 4 aromatic rings. The lowest BCUT2D eigenvalue weighted by Gasteiger charge is -2.24. The van der Waals surface area contributed by atoms with Gasteiger partial charge in [-0.1, -0.05) is 42.5 Å². The molecule has 1 atom stereocenters. The van der Waals surface area contributed by atoms with Crippen LogP contribution in [0, 0.1) is 0 Å². The molecule has 1 aliphatic carbocycles. The molecule has 1 unspecified atom stereocenters. The Balaban J connectivity index is 1.33. The molecule has 1 aliphatic heterocycles. The van der Waals surface area contributed by atoms with Gasteiger partial charge in [0.15, 0.2) is 0 Å². The monoisotopic (exact) mass is 407 g/mol. The molecule has 0 saturated carbocycles. The molecular weight excluding hydrogens is 382 g/mol. The number of aromatic amines is 1. The van der Waals surface area contributed by atoms with E-state index < -0.39 is 0 Å². The van der Waals surface area contributed by atoms with E-state index in [-0.39, 0.29) is 5.91 Å². The minimum atomic E-state index is 0.0331. The summed E-state index contributed by atoms with van der Waals surface area (Å²) in [6, 6.07) is 23.8. The molecule has 1 aromatic heterocycles. The summed E-state index contributed by atoms with van der Waals surface area (Å²) >= 11 is 0. The second kappa shape index (κ2) is 7.40. The van der Waals surface area contributed by atoms with Crippen LogP contribution in [0.15, 0.2) is 66.7 Å². The molecule has 31 heavy (non-hydrogen) atoms. The first-order chi connectivity index (χ1) is 15.3. The van der Waals surface area contributed by atoms with Gasteiger partial charge in [-0.05, 0) is 71.3 Å². The third-order valence-electron chi connectivity index (χ3n) is 6.73. The van der Waals surface area contributed by atoms with Crippen molar-refractivity contribution < 1.29 is 4.79 Å². The number of hydrogen-bond donors (Lipinski definition) is 3. The van der Waals surface area contributed by atoms with E-state index >= 15 is 0 Å². The van der Waals surface area contributed by atoms with Gasteiger partial charge in [0.1, 0.15) is 0 Å². The van der Waals surface area contributed by atoms with Crippen molar-refractivity contribution in [2.45, 2.75) is 38.4 Å². The average Bonchev–Trinajstić information content (AvgIpc) is 3.38. The van der Waals surface area contributed by atoms with E-state index in [0.717, 1.165) is 30.5 Å². The molecule has 6 rings (SSSR count). The second-order valence-corrected chi connectivity index (χ2v) is 8.64. The average molecular weight is 408 g/mol. The van der Waals surface area contributed by atoms with Crippen LogP contribution in [0.4, 0.5) is 0 Å². The molecule has 0 spiro atoms. The Morgan fingerprint density at radius 3 is 2.71 bits per heavy atom. The first-order valence-corrected chi connectivity index (χ1v) is 11.1. The SMILES string of the molecule is O=C1NCc2cc(-c3ccc4[nH]c5c(c4c3)CCCC5NCc3ccccc3)ccc21. The Hall–Kier alpha value is -3.37. The molecule has 0 radical (unpaired) electrons. The van der Waals surface area contributed by atoms with E-state index in [1.807, 2.05) is 6.07 Å². The fraction of sp³-hybridized carbons (Fsp3) is 0.222. The summed E-state index contributed by atoms with van der Waals surface area (Å²) in [4.78, 5) is 15.6. The molecule has 0 fully saturated rings. The summed E-state index contributed by atoms with van der Waals surface area (Å²) in [6.45, 7) is 1.51. The second-order valence-electron chi connectivity index (χ2n) is 8.64. The van der Waals surface area contributed by atoms with Crippen LogP contribution >= 0.6 is 0 Å². The van der Waals surface area contributed by atoms with Gasteiger partial charge in [-0.3, -0.25) is 4.79 Å². The summed E-state index contributed by atoms with van der Waals surface area (Å²) < 4.78 is 0. The van der Waals surface area contributed by atoms with Crippen molar-refractivity contribution in [1.82, 2.24) is 15.6 Å². The zero-order valence-electron chi connectivity index (χ0n) is 17.4. The summed E-state index contributed by atoms with van der Waals surface area (Å²) in [5.41, 5.74) is 9.58. The number of carbonyl (C=O) groups excluding carboxylic acids is 1. The molecule has 154 valence electrons. The molecular formula is C27H25N3O. The highest BCUT2D eigenvalue weighted by Crippen LogP contribution is 2.37. The summed E-state index contributed by atoms with van der Waals surface area (Å²) in [6.07, 6.45) is 3.47. The van der Waals surface area contributed by atoms with Gasteiger partial charge in [0.25, 0.3) is 5.91 Å². The van der Waals surface area contributed by atoms with Gasteiger partial charge < -0.3 is 15.6 Å². The number of aryl methyl sites for hydroxylation is 1. The molecule has 3 aromatic carbocycles. The van der Waals surface area contributed by atoms with Crippen molar-refractivity contribution in [2.24, 2.45) is 0 Å². The van der Waals surface area contributed by atoms with Gasteiger partial charge >= 0.3 is 0 Å². The maximum atomic E-state index is 11.9. The number of hydrogen-bond acceptors (Lipinski definition) is 2. The van der Waals surface area contributed by atoms with Gasteiger partial charge in [0.05, 0.1) is 0 Å². The minimum absolute atomic E-state index is 0.0331. The van der Waals surface area contributed by atoms with Crippen LogP contribution in [0.25, 0.3) is 22.0 Å². The number of amides is 1. The van der Waals surface area contributed by atoms with Crippen molar-refractivity contribution in [3.63, 3.8) is 0 Å². The molecule has 0 bridgehead atoms. The molecule has 3 N–H and O–H groups in total. The number of rotatable bonds is 4. The molecule has 0 saturated heterocycles. The van der Waals surface area contributed by atoms with Crippen LogP contribution in [-0.4, -0.2) is 10.9 Å². The Kier molecular flexibility index (Phi) is 4.39. The zero-order valence-corrected chi connectivity index (χ0v) is 17.4. The summed E-state index contributed by atoms with van der Waals surface area (Å²) in [5, 5.41) is 8.00. The van der Waals surface area contributed by atoms with Crippen LogP contribution in [0.1, 0.15) is 51.6 Å². The normalized spacial score (nSPS) is 17.4. The molecule has 4 nitrogen and oxygen atoms in total. The number of benzene rings is 3. The lowest BCUT2D eigenvalue weighted by atomic mass is 9.90. The predicted octanol–water partition coefficient (Wildman–Crippen LogP) is 5.25. The van der Waals surface area contributed by atoms with Crippen LogP contribution in [0.2, 0.25) is 0 Å². The fourth-order valence-electron chi connectivity index (χ4n) is 5.09. The van der Waals surface area contributed by atoms with E-state index in [1.165, 1.54) is 45.3 Å². The largest absolute Gasteiger partial charge is 0.357 e. The maximum Gasteiger partial charge on any atom is 0.251 e. The Morgan fingerprint density at radius 2 is 1.81 bits per heavy atom. The van der Waals surface area contributed by atoms with Crippen molar-refractivity contribution in [3.05, 3.63) is 94.7 Å². The van der Waals surface area contributed by atoms with E-state index in [2.05, 4.69) is 76.3 Å². The van der Waals surface area contributed by atoms with E-state index in [4.69, 9.17) is 0 Å². The third kappa shape index (κ3) is 3.24. The Bertz CT molecular complexity index is 1290. The van der Waals surface area contributed by atoms with Gasteiger partial charge in [-0.15, -0.1) is 0 Å². The number of aromatic nitrogens is 1. The highest BCUT2D eigenvalue weighted by Gasteiger charge is 2.24. The Morgan fingerprint density at radius 1 is 0.968 bits per heavy atom. The highest BCUT2D eigenvalue weighted by molar-refractivity contribution is 5.99. The third-order valence-corrected chi connectivity index (χ3v) is 6.73. The van der Waals surface area contributed by atoms with Crippen LogP contribution in [-0.2, 0) is 19.5 Å².